The minimum atomic E-state index is -0.0664. The van der Waals surface area contributed by atoms with Gasteiger partial charge < -0.3 is 15.4 Å². The number of carbonyl (C=O) groups excluding carboxylic acids is 1. The molecular weight excluding hydrogens is 264 g/mol. The van der Waals surface area contributed by atoms with E-state index in [0.717, 1.165) is 24.2 Å². The number of ether oxygens (including phenoxy) is 1. The largest absolute Gasteiger partial charge is 0.494 e. The highest BCUT2D eigenvalue weighted by Crippen LogP contribution is 2.19. The van der Waals surface area contributed by atoms with Crippen molar-refractivity contribution >= 4 is 6.03 Å². The van der Waals surface area contributed by atoms with Gasteiger partial charge in [0.1, 0.15) is 5.75 Å². The molecule has 1 aromatic rings. The van der Waals surface area contributed by atoms with Crippen LogP contribution in [0.4, 0.5) is 4.79 Å². The molecule has 4 nitrogen and oxygen atoms in total. The van der Waals surface area contributed by atoms with E-state index in [1.165, 1.54) is 19.3 Å². The second-order valence-corrected chi connectivity index (χ2v) is 5.68. The van der Waals surface area contributed by atoms with Gasteiger partial charge in [0.2, 0.25) is 0 Å². The van der Waals surface area contributed by atoms with Gasteiger partial charge in [-0.25, -0.2) is 4.79 Å². The summed E-state index contributed by atoms with van der Waals surface area (Å²) in [5.41, 5.74) is 1.08. The number of amides is 2. The standard InChI is InChI=1S/C17H26N2O2/c1-3-21-16-11-9-14(10-12-16)13(2)18-17(20)19-15-7-5-4-6-8-15/h9-13,15H,3-8H2,1-2H3,(H2,18,19,20). The van der Waals surface area contributed by atoms with Crippen molar-refractivity contribution < 1.29 is 9.53 Å². The minimum Gasteiger partial charge on any atom is -0.494 e. The summed E-state index contributed by atoms with van der Waals surface area (Å²) in [5, 5.41) is 6.08. The Morgan fingerprint density at radius 1 is 1.24 bits per heavy atom. The lowest BCUT2D eigenvalue weighted by atomic mass is 9.96. The number of hydrogen-bond acceptors (Lipinski definition) is 2. The van der Waals surface area contributed by atoms with E-state index < -0.39 is 0 Å². The molecule has 21 heavy (non-hydrogen) atoms. The van der Waals surface area contributed by atoms with Crippen LogP contribution in [0, 0.1) is 0 Å². The fourth-order valence-corrected chi connectivity index (χ4v) is 2.77. The van der Waals surface area contributed by atoms with Crippen LogP contribution in [0.3, 0.4) is 0 Å². The van der Waals surface area contributed by atoms with Gasteiger partial charge in [-0.05, 0) is 44.4 Å². The Morgan fingerprint density at radius 2 is 1.90 bits per heavy atom. The quantitative estimate of drug-likeness (QED) is 0.867. The van der Waals surface area contributed by atoms with Crippen LogP contribution in [-0.4, -0.2) is 18.7 Å². The van der Waals surface area contributed by atoms with E-state index in [9.17, 15) is 4.79 Å². The van der Waals surface area contributed by atoms with Gasteiger partial charge in [-0.15, -0.1) is 0 Å². The third kappa shape index (κ3) is 4.96. The van der Waals surface area contributed by atoms with Crippen LogP contribution in [0.5, 0.6) is 5.75 Å². The Kier molecular flexibility index (Phi) is 5.90. The molecule has 2 rings (SSSR count). The molecule has 1 atom stereocenters. The second-order valence-electron chi connectivity index (χ2n) is 5.68. The summed E-state index contributed by atoms with van der Waals surface area (Å²) in [7, 11) is 0. The Labute approximate surface area is 127 Å². The highest BCUT2D eigenvalue weighted by molar-refractivity contribution is 5.74. The lowest BCUT2D eigenvalue weighted by Crippen LogP contribution is -2.43. The molecule has 116 valence electrons. The molecule has 1 fully saturated rings. The molecule has 2 N–H and O–H groups in total. The summed E-state index contributed by atoms with van der Waals surface area (Å²) < 4.78 is 5.42. The lowest BCUT2D eigenvalue weighted by molar-refractivity contribution is 0.229. The Balaban J connectivity index is 1.82. The molecule has 1 unspecified atom stereocenters. The van der Waals surface area contributed by atoms with E-state index in [4.69, 9.17) is 4.74 Å². The van der Waals surface area contributed by atoms with Gasteiger partial charge in [0.25, 0.3) is 0 Å². The van der Waals surface area contributed by atoms with Gasteiger partial charge in [-0.3, -0.25) is 0 Å². The first-order valence-corrected chi connectivity index (χ1v) is 7.99. The molecular formula is C17H26N2O2. The maximum atomic E-state index is 12.0. The average Bonchev–Trinajstić information content (AvgIpc) is 2.49. The molecule has 1 aliphatic carbocycles. The molecule has 0 radical (unpaired) electrons. The van der Waals surface area contributed by atoms with Gasteiger partial charge >= 0.3 is 6.03 Å². The fourth-order valence-electron chi connectivity index (χ4n) is 2.77. The third-order valence-corrected chi connectivity index (χ3v) is 3.98. The lowest BCUT2D eigenvalue weighted by Gasteiger charge is -2.24. The number of rotatable bonds is 5. The van der Waals surface area contributed by atoms with E-state index in [1.54, 1.807) is 0 Å². The van der Waals surface area contributed by atoms with Crippen LogP contribution in [-0.2, 0) is 0 Å². The normalized spacial score (nSPS) is 17.0. The number of carbonyl (C=O) groups is 1. The van der Waals surface area contributed by atoms with Crippen molar-refractivity contribution in [3.05, 3.63) is 29.8 Å². The minimum absolute atomic E-state index is 0.00994. The highest BCUT2D eigenvalue weighted by Gasteiger charge is 2.17. The third-order valence-electron chi connectivity index (χ3n) is 3.98. The molecule has 1 saturated carbocycles. The zero-order valence-electron chi connectivity index (χ0n) is 13.0. The highest BCUT2D eigenvalue weighted by atomic mass is 16.5. The van der Waals surface area contributed by atoms with Crippen molar-refractivity contribution in [2.75, 3.05) is 6.61 Å². The average molecular weight is 290 g/mol. The van der Waals surface area contributed by atoms with Gasteiger partial charge in [0.15, 0.2) is 0 Å². The van der Waals surface area contributed by atoms with Crippen molar-refractivity contribution in [1.29, 1.82) is 0 Å². The van der Waals surface area contributed by atoms with Gasteiger partial charge in [-0.2, -0.15) is 0 Å². The summed E-state index contributed by atoms with van der Waals surface area (Å²) in [4.78, 5) is 12.0. The smallest absolute Gasteiger partial charge is 0.315 e. The summed E-state index contributed by atoms with van der Waals surface area (Å²) in [6, 6.07) is 8.14. The van der Waals surface area contributed by atoms with E-state index in [0.29, 0.717) is 12.6 Å². The molecule has 2 amide bonds. The molecule has 0 heterocycles. The first-order chi connectivity index (χ1) is 10.2. The van der Waals surface area contributed by atoms with Gasteiger partial charge in [-0.1, -0.05) is 31.4 Å². The van der Waals surface area contributed by atoms with Gasteiger partial charge in [0.05, 0.1) is 12.6 Å². The molecule has 0 bridgehead atoms. The van der Waals surface area contributed by atoms with Crippen LogP contribution in [0.1, 0.15) is 57.6 Å². The predicted molar refractivity (Wildman–Crippen MR) is 84.6 cm³/mol. The van der Waals surface area contributed by atoms with E-state index >= 15 is 0 Å². The first kappa shape index (κ1) is 15.7. The zero-order chi connectivity index (χ0) is 15.1. The zero-order valence-corrected chi connectivity index (χ0v) is 13.0. The summed E-state index contributed by atoms with van der Waals surface area (Å²) >= 11 is 0. The topological polar surface area (TPSA) is 50.4 Å². The second kappa shape index (κ2) is 7.91. The van der Waals surface area contributed by atoms with Crippen LogP contribution in [0.2, 0.25) is 0 Å². The summed E-state index contributed by atoms with van der Waals surface area (Å²) in [6.45, 7) is 4.63. The summed E-state index contributed by atoms with van der Waals surface area (Å²) in [5.74, 6) is 0.861. The SMILES string of the molecule is CCOc1ccc(C(C)NC(=O)NC2CCCCC2)cc1. The van der Waals surface area contributed by atoms with Crippen molar-refractivity contribution in [1.82, 2.24) is 10.6 Å². The van der Waals surface area contributed by atoms with Crippen molar-refractivity contribution in [2.24, 2.45) is 0 Å². The van der Waals surface area contributed by atoms with E-state index in [2.05, 4.69) is 10.6 Å². The van der Waals surface area contributed by atoms with Crippen LogP contribution >= 0.6 is 0 Å². The number of hydrogen-bond donors (Lipinski definition) is 2. The maximum Gasteiger partial charge on any atom is 0.315 e. The number of nitrogens with one attached hydrogen (secondary N) is 2. The van der Waals surface area contributed by atoms with Crippen molar-refractivity contribution in [3.8, 4) is 5.75 Å². The molecule has 0 spiro atoms. The fraction of sp³-hybridized carbons (Fsp3) is 0.588. The molecule has 1 aromatic carbocycles. The molecule has 1 aliphatic rings. The Morgan fingerprint density at radius 3 is 2.52 bits per heavy atom. The molecule has 0 saturated heterocycles. The first-order valence-electron chi connectivity index (χ1n) is 7.99. The van der Waals surface area contributed by atoms with Crippen molar-refractivity contribution in [2.45, 2.75) is 58.0 Å². The molecule has 0 aliphatic heterocycles. The summed E-state index contributed by atoms with van der Waals surface area (Å²) in [6.07, 6.45) is 5.94. The Hall–Kier alpha value is -1.71. The monoisotopic (exact) mass is 290 g/mol. The number of benzene rings is 1. The van der Waals surface area contributed by atoms with Crippen molar-refractivity contribution in [3.63, 3.8) is 0 Å². The molecule has 4 heteroatoms. The van der Waals surface area contributed by atoms with Crippen LogP contribution < -0.4 is 15.4 Å². The van der Waals surface area contributed by atoms with Gasteiger partial charge in [0, 0.05) is 6.04 Å². The molecule has 0 aromatic heterocycles. The number of urea groups is 1. The Bertz CT molecular complexity index is 439. The van der Waals surface area contributed by atoms with Crippen LogP contribution in [0.15, 0.2) is 24.3 Å². The predicted octanol–water partition coefficient (Wildman–Crippen LogP) is 3.78. The van der Waals surface area contributed by atoms with Crippen LogP contribution in [0.25, 0.3) is 0 Å². The maximum absolute atomic E-state index is 12.0. The van der Waals surface area contributed by atoms with E-state index in [1.807, 2.05) is 38.1 Å². The van der Waals surface area contributed by atoms with E-state index in [-0.39, 0.29) is 12.1 Å².